The van der Waals surface area contributed by atoms with Crippen molar-refractivity contribution >= 4 is 11.7 Å². The Labute approximate surface area is 101 Å². The molecule has 0 saturated carbocycles. The van der Waals surface area contributed by atoms with Crippen molar-refractivity contribution in [1.82, 2.24) is 0 Å². The molecule has 0 radical (unpaired) electrons. The van der Waals surface area contributed by atoms with Crippen molar-refractivity contribution in [2.24, 2.45) is 5.73 Å². The Balaban J connectivity index is 2.07. The molecule has 4 heteroatoms. The average molecular weight is 234 g/mol. The van der Waals surface area contributed by atoms with Crippen LogP contribution in [0.1, 0.15) is 18.4 Å². The molecule has 0 atom stereocenters. The van der Waals surface area contributed by atoms with Crippen LogP contribution in [-0.2, 0) is 4.79 Å². The molecule has 2 rings (SSSR count). The van der Waals surface area contributed by atoms with Crippen LogP contribution in [0.5, 0.6) is 0 Å². The lowest BCUT2D eigenvalue weighted by atomic mass is 9.88. The van der Waals surface area contributed by atoms with Crippen molar-refractivity contribution in [1.29, 1.82) is 0 Å². The Hall–Kier alpha value is -1.55. The summed E-state index contributed by atoms with van der Waals surface area (Å²) in [6.07, 6.45) is 0.993. The lowest BCUT2D eigenvalue weighted by Crippen LogP contribution is -2.55. The van der Waals surface area contributed by atoms with E-state index in [4.69, 9.17) is 10.8 Å². The molecular formula is C13H18N2O2. The van der Waals surface area contributed by atoms with Crippen LogP contribution in [0.2, 0.25) is 0 Å². The summed E-state index contributed by atoms with van der Waals surface area (Å²) in [7, 11) is 0. The zero-order valence-corrected chi connectivity index (χ0v) is 10.0. The highest BCUT2D eigenvalue weighted by atomic mass is 16.4. The molecule has 0 unspecified atom stereocenters. The SMILES string of the molecule is Cc1cccc(N2CCC(N)(C(=O)O)CC2)c1. The number of nitrogens with two attached hydrogens (primary N) is 1. The molecule has 1 aromatic carbocycles. The minimum absolute atomic E-state index is 0.496. The van der Waals surface area contributed by atoms with Gasteiger partial charge < -0.3 is 15.7 Å². The molecule has 17 heavy (non-hydrogen) atoms. The Morgan fingerprint density at radius 1 is 1.41 bits per heavy atom. The zero-order valence-electron chi connectivity index (χ0n) is 10.0. The largest absolute Gasteiger partial charge is 0.480 e. The van der Waals surface area contributed by atoms with Gasteiger partial charge in [0.1, 0.15) is 5.54 Å². The molecule has 0 amide bonds. The van der Waals surface area contributed by atoms with Gasteiger partial charge in [0, 0.05) is 18.8 Å². The molecule has 0 aromatic heterocycles. The zero-order chi connectivity index (χ0) is 12.5. The summed E-state index contributed by atoms with van der Waals surface area (Å²) < 4.78 is 0. The maximum atomic E-state index is 11.0. The van der Waals surface area contributed by atoms with Crippen LogP contribution in [0.15, 0.2) is 24.3 Å². The van der Waals surface area contributed by atoms with Gasteiger partial charge in [0.25, 0.3) is 0 Å². The van der Waals surface area contributed by atoms with E-state index in [9.17, 15) is 4.79 Å². The van der Waals surface area contributed by atoms with E-state index in [1.165, 1.54) is 5.56 Å². The standard InChI is InChI=1S/C13H18N2O2/c1-10-3-2-4-11(9-10)15-7-5-13(14,6-8-15)12(16)17/h2-4,9H,5-8,14H2,1H3,(H,16,17). The Morgan fingerprint density at radius 3 is 2.59 bits per heavy atom. The molecule has 1 aromatic rings. The number of hydrogen-bond acceptors (Lipinski definition) is 3. The van der Waals surface area contributed by atoms with E-state index in [1.807, 2.05) is 6.07 Å². The van der Waals surface area contributed by atoms with E-state index >= 15 is 0 Å². The van der Waals surface area contributed by atoms with Crippen molar-refractivity contribution in [2.45, 2.75) is 25.3 Å². The summed E-state index contributed by atoms with van der Waals surface area (Å²) in [5, 5.41) is 9.05. The van der Waals surface area contributed by atoms with Crippen LogP contribution < -0.4 is 10.6 Å². The van der Waals surface area contributed by atoms with E-state index in [0.717, 1.165) is 5.69 Å². The fourth-order valence-electron chi connectivity index (χ4n) is 2.20. The summed E-state index contributed by atoms with van der Waals surface area (Å²) in [5.41, 5.74) is 7.17. The summed E-state index contributed by atoms with van der Waals surface area (Å²) in [5.74, 6) is -0.888. The van der Waals surface area contributed by atoms with Crippen LogP contribution in [0.3, 0.4) is 0 Å². The predicted molar refractivity (Wildman–Crippen MR) is 67.2 cm³/mol. The highest BCUT2D eigenvalue weighted by molar-refractivity contribution is 5.79. The van der Waals surface area contributed by atoms with Crippen molar-refractivity contribution in [3.8, 4) is 0 Å². The van der Waals surface area contributed by atoms with Crippen molar-refractivity contribution in [3.63, 3.8) is 0 Å². The maximum absolute atomic E-state index is 11.0. The normalized spacial score (nSPS) is 19.1. The fraction of sp³-hybridized carbons (Fsp3) is 0.462. The fourth-order valence-corrected chi connectivity index (χ4v) is 2.20. The first-order valence-electron chi connectivity index (χ1n) is 5.85. The van der Waals surface area contributed by atoms with Gasteiger partial charge in [0.15, 0.2) is 0 Å². The van der Waals surface area contributed by atoms with E-state index in [1.54, 1.807) is 0 Å². The number of carbonyl (C=O) groups is 1. The summed E-state index contributed by atoms with van der Waals surface area (Å²) in [6, 6.07) is 8.24. The number of anilines is 1. The minimum atomic E-state index is -1.04. The maximum Gasteiger partial charge on any atom is 0.323 e. The smallest absolute Gasteiger partial charge is 0.323 e. The van der Waals surface area contributed by atoms with Crippen molar-refractivity contribution in [3.05, 3.63) is 29.8 Å². The van der Waals surface area contributed by atoms with Gasteiger partial charge in [-0.2, -0.15) is 0 Å². The quantitative estimate of drug-likeness (QED) is 0.811. The summed E-state index contributed by atoms with van der Waals surface area (Å²) in [4.78, 5) is 13.2. The molecule has 4 nitrogen and oxygen atoms in total. The number of hydrogen-bond donors (Lipinski definition) is 2. The third-order valence-corrected chi connectivity index (χ3v) is 3.45. The van der Waals surface area contributed by atoms with Gasteiger partial charge in [-0.15, -0.1) is 0 Å². The number of rotatable bonds is 2. The second-order valence-electron chi connectivity index (χ2n) is 4.79. The van der Waals surface area contributed by atoms with Gasteiger partial charge in [0.05, 0.1) is 0 Å². The first-order valence-corrected chi connectivity index (χ1v) is 5.85. The van der Waals surface area contributed by atoms with Crippen molar-refractivity contribution < 1.29 is 9.90 Å². The van der Waals surface area contributed by atoms with Gasteiger partial charge in [-0.1, -0.05) is 12.1 Å². The summed E-state index contributed by atoms with van der Waals surface area (Å²) in [6.45, 7) is 3.45. The lowest BCUT2D eigenvalue weighted by molar-refractivity contribution is -0.144. The predicted octanol–water partition coefficient (Wildman–Crippen LogP) is 1.38. The second-order valence-corrected chi connectivity index (χ2v) is 4.79. The molecule has 92 valence electrons. The third-order valence-electron chi connectivity index (χ3n) is 3.45. The number of aliphatic carboxylic acids is 1. The Bertz CT molecular complexity index is 423. The van der Waals surface area contributed by atoms with E-state index in [2.05, 4.69) is 30.0 Å². The van der Waals surface area contributed by atoms with Crippen LogP contribution in [0, 0.1) is 6.92 Å². The Kier molecular flexibility index (Phi) is 3.07. The Morgan fingerprint density at radius 2 is 2.06 bits per heavy atom. The van der Waals surface area contributed by atoms with Gasteiger partial charge in [-0.25, -0.2) is 0 Å². The average Bonchev–Trinajstić information content (AvgIpc) is 2.30. The molecule has 1 fully saturated rings. The third kappa shape index (κ3) is 2.42. The highest BCUT2D eigenvalue weighted by Gasteiger charge is 2.37. The first kappa shape index (κ1) is 11.9. The van der Waals surface area contributed by atoms with E-state index in [0.29, 0.717) is 25.9 Å². The number of nitrogens with zero attached hydrogens (tertiary/aromatic N) is 1. The van der Waals surface area contributed by atoms with Crippen LogP contribution in [-0.4, -0.2) is 29.7 Å². The van der Waals surface area contributed by atoms with Gasteiger partial charge in [0.2, 0.25) is 0 Å². The van der Waals surface area contributed by atoms with Crippen LogP contribution >= 0.6 is 0 Å². The van der Waals surface area contributed by atoms with E-state index in [-0.39, 0.29) is 0 Å². The minimum Gasteiger partial charge on any atom is -0.480 e. The molecule has 0 spiro atoms. The van der Waals surface area contributed by atoms with Gasteiger partial charge >= 0.3 is 5.97 Å². The molecule has 0 bridgehead atoms. The molecule has 1 aliphatic heterocycles. The number of carboxylic acid groups (broad SMARTS) is 1. The van der Waals surface area contributed by atoms with Gasteiger partial charge in [-0.05, 0) is 37.5 Å². The topological polar surface area (TPSA) is 66.6 Å². The number of carboxylic acids is 1. The van der Waals surface area contributed by atoms with E-state index < -0.39 is 11.5 Å². The van der Waals surface area contributed by atoms with Gasteiger partial charge in [-0.3, -0.25) is 4.79 Å². The number of benzene rings is 1. The number of piperidine rings is 1. The van der Waals surface area contributed by atoms with Crippen molar-refractivity contribution in [2.75, 3.05) is 18.0 Å². The second kappa shape index (κ2) is 4.37. The molecular weight excluding hydrogens is 216 g/mol. The summed E-state index contributed by atoms with van der Waals surface area (Å²) >= 11 is 0. The van der Waals surface area contributed by atoms with Crippen LogP contribution in [0.4, 0.5) is 5.69 Å². The van der Waals surface area contributed by atoms with Crippen LogP contribution in [0.25, 0.3) is 0 Å². The molecule has 3 N–H and O–H groups in total. The first-order chi connectivity index (χ1) is 8.01. The lowest BCUT2D eigenvalue weighted by Gasteiger charge is -2.37. The molecule has 1 heterocycles. The molecule has 1 aliphatic rings. The highest BCUT2D eigenvalue weighted by Crippen LogP contribution is 2.25. The molecule has 1 saturated heterocycles. The monoisotopic (exact) mass is 234 g/mol. The molecule has 0 aliphatic carbocycles. The number of aryl methyl sites for hydroxylation is 1.